The highest BCUT2D eigenvalue weighted by Gasteiger charge is 2.41. The molecule has 8 nitrogen and oxygen atoms in total. The number of hydrogen-bond acceptors (Lipinski definition) is 5. The molecule has 0 bridgehead atoms. The zero-order chi connectivity index (χ0) is 31.1. The minimum Gasteiger partial charge on any atom is -0.355 e. The first-order chi connectivity index (χ1) is 20.5. The molecule has 0 unspecified atom stereocenters. The Morgan fingerprint density at radius 1 is 1.12 bits per heavy atom. The van der Waals surface area contributed by atoms with Crippen LogP contribution < -0.4 is 5.32 Å². The SMILES string of the molecule is CC[C@@H](C)C(=O)N[C@H](C(=O)N1CCC[C@H]1CN(CCc1ccc(F)cc1)C(=O)c1cc(-c2ccccc2)on1)C(C)(C)C. The normalized spacial score (nSPS) is 16.5. The molecule has 1 aromatic heterocycles. The van der Waals surface area contributed by atoms with Crippen LogP contribution in [0.5, 0.6) is 0 Å². The number of nitrogens with one attached hydrogen (secondary N) is 1. The van der Waals surface area contributed by atoms with Crippen molar-refractivity contribution in [1.82, 2.24) is 20.3 Å². The van der Waals surface area contributed by atoms with E-state index in [4.69, 9.17) is 4.52 Å². The van der Waals surface area contributed by atoms with Crippen molar-refractivity contribution in [1.29, 1.82) is 0 Å². The first-order valence-electron chi connectivity index (χ1n) is 15.1. The van der Waals surface area contributed by atoms with Gasteiger partial charge in [0.15, 0.2) is 11.5 Å². The summed E-state index contributed by atoms with van der Waals surface area (Å²) >= 11 is 0. The van der Waals surface area contributed by atoms with Gasteiger partial charge in [-0.05, 0) is 48.8 Å². The summed E-state index contributed by atoms with van der Waals surface area (Å²) in [6.07, 6.45) is 2.72. The average molecular weight is 591 g/mol. The fourth-order valence-electron chi connectivity index (χ4n) is 5.32. The molecule has 1 saturated heterocycles. The molecule has 230 valence electrons. The summed E-state index contributed by atoms with van der Waals surface area (Å²) in [4.78, 5) is 44.2. The van der Waals surface area contributed by atoms with Crippen molar-refractivity contribution in [2.45, 2.75) is 72.4 Å². The molecule has 3 amide bonds. The number of likely N-dealkylation sites (tertiary alicyclic amines) is 1. The molecule has 2 heterocycles. The number of aromatic nitrogens is 1. The van der Waals surface area contributed by atoms with Gasteiger partial charge >= 0.3 is 0 Å². The van der Waals surface area contributed by atoms with Gasteiger partial charge in [-0.15, -0.1) is 0 Å². The number of carbonyl (C=O) groups excluding carboxylic acids is 3. The highest BCUT2D eigenvalue weighted by Crippen LogP contribution is 2.27. The lowest BCUT2D eigenvalue weighted by Gasteiger charge is -2.37. The van der Waals surface area contributed by atoms with E-state index in [0.29, 0.717) is 38.2 Å². The van der Waals surface area contributed by atoms with Crippen LogP contribution >= 0.6 is 0 Å². The summed E-state index contributed by atoms with van der Waals surface area (Å²) in [5.74, 6) is -0.597. The fourth-order valence-corrected chi connectivity index (χ4v) is 5.32. The van der Waals surface area contributed by atoms with E-state index in [9.17, 15) is 18.8 Å². The average Bonchev–Trinajstić information content (AvgIpc) is 3.68. The summed E-state index contributed by atoms with van der Waals surface area (Å²) in [7, 11) is 0. The standard InChI is InChI=1S/C34H43FN4O4/c1-6-23(2)31(40)36-30(34(3,4)5)33(42)39-19-10-13-27(39)22-38(20-18-24-14-16-26(35)17-15-24)32(41)28-21-29(43-37-28)25-11-8-7-9-12-25/h7-9,11-12,14-17,21,23,27,30H,6,10,13,18-20,22H2,1-5H3,(H,36,40)/t23-,27+,30-/m1/s1. The molecular weight excluding hydrogens is 547 g/mol. The van der Waals surface area contributed by atoms with Crippen LogP contribution in [0.15, 0.2) is 65.2 Å². The van der Waals surface area contributed by atoms with E-state index in [-0.39, 0.29) is 41.2 Å². The molecule has 2 aromatic carbocycles. The number of hydrogen-bond donors (Lipinski definition) is 1. The number of amides is 3. The fraction of sp³-hybridized carbons (Fsp3) is 0.471. The van der Waals surface area contributed by atoms with Gasteiger partial charge in [0.05, 0.1) is 0 Å². The van der Waals surface area contributed by atoms with Gasteiger partial charge in [-0.2, -0.15) is 0 Å². The summed E-state index contributed by atoms with van der Waals surface area (Å²) in [5, 5.41) is 7.10. The number of carbonyl (C=O) groups is 3. The third-order valence-electron chi connectivity index (χ3n) is 8.21. The Labute approximate surface area is 253 Å². The molecule has 1 N–H and O–H groups in total. The predicted molar refractivity (Wildman–Crippen MR) is 164 cm³/mol. The van der Waals surface area contributed by atoms with Crippen molar-refractivity contribution in [2.75, 3.05) is 19.6 Å². The second kappa shape index (κ2) is 14.0. The van der Waals surface area contributed by atoms with Gasteiger partial charge in [0.25, 0.3) is 5.91 Å². The number of halogens is 1. The lowest BCUT2D eigenvalue weighted by atomic mass is 9.85. The van der Waals surface area contributed by atoms with Gasteiger partial charge in [-0.25, -0.2) is 4.39 Å². The lowest BCUT2D eigenvalue weighted by Crippen LogP contribution is -2.57. The van der Waals surface area contributed by atoms with E-state index in [2.05, 4.69) is 10.5 Å². The summed E-state index contributed by atoms with van der Waals surface area (Å²) < 4.78 is 19.0. The van der Waals surface area contributed by atoms with E-state index >= 15 is 0 Å². The maximum atomic E-state index is 14.0. The molecule has 3 aromatic rings. The molecule has 3 atom stereocenters. The number of benzene rings is 2. The smallest absolute Gasteiger partial charge is 0.276 e. The van der Waals surface area contributed by atoms with E-state index in [1.807, 2.05) is 69.9 Å². The van der Waals surface area contributed by atoms with Crippen molar-refractivity contribution in [3.63, 3.8) is 0 Å². The van der Waals surface area contributed by atoms with E-state index in [1.165, 1.54) is 12.1 Å². The Morgan fingerprint density at radius 3 is 2.47 bits per heavy atom. The molecule has 4 rings (SSSR count). The quantitative estimate of drug-likeness (QED) is 0.308. The van der Waals surface area contributed by atoms with Gasteiger partial charge in [0.1, 0.15) is 11.9 Å². The minimum absolute atomic E-state index is 0.134. The van der Waals surface area contributed by atoms with Crippen molar-refractivity contribution >= 4 is 17.7 Å². The molecule has 0 radical (unpaired) electrons. The Hall–Kier alpha value is -4.01. The van der Waals surface area contributed by atoms with Crippen molar-refractivity contribution in [3.8, 4) is 11.3 Å². The van der Waals surface area contributed by atoms with Crippen LogP contribution in [-0.4, -0.2) is 64.4 Å². The van der Waals surface area contributed by atoms with Gasteiger partial charge in [0, 0.05) is 43.2 Å². The molecule has 1 fully saturated rings. The maximum absolute atomic E-state index is 14.0. The van der Waals surface area contributed by atoms with Gasteiger partial charge in [0.2, 0.25) is 11.8 Å². The van der Waals surface area contributed by atoms with E-state index < -0.39 is 11.5 Å². The number of rotatable bonds is 11. The second-order valence-corrected chi connectivity index (χ2v) is 12.5. The van der Waals surface area contributed by atoms with Crippen LogP contribution in [-0.2, 0) is 16.0 Å². The first-order valence-corrected chi connectivity index (χ1v) is 15.1. The molecular formula is C34H43FN4O4. The number of nitrogens with zero attached hydrogens (tertiary/aromatic N) is 3. The van der Waals surface area contributed by atoms with Crippen molar-refractivity contribution in [2.24, 2.45) is 11.3 Å². The predicted octanol–water partition coefficient (Wildman–Crippen LogP) is 5.73. The highest BCUT2D eigenvalue weighted by molar-refractivity contribution is 5.93. The Kier molecular flexibility index (Phi) is 10.4. The van der Waals surface area contributed by atoms with Gasteiger partial charge in [-0.1, -0.05) is 82.2 Å². The third-order valence-corrected chi connectivity index (χ3v) is 8.21. The van der Waals surface area contributed by atoms with Crippen LogP contribution in [0.1, 0.15) is 69.9 Å². The molecule has 0 aliphatic carbocycles. The second-order valence-electron chi connectivity index (χ2n) is 12.5. The summed E-state index contributed by atoms with van der Waals surface area (Å²) in [6.45, 7) is 10.9. The maximum Gasteiger partial charge on any atom is 0.276 e. The van der Waals surface area contributed by atoms with Crippen molar-refractivity contribution < 1.29 is 23.3 Å². The zero-order valence-corrected chi connectivity index (χ0v) is 25.8. The Balaban J connectivity index is 1.56. The topological polar surface area (TPSA) is 95.8 Å². The van der Waals surface area contributed by atoms with Crippen LogP contribution in [0.2, 0.25) is 0 Å². The molecule has 0 spiro atoms. The van der Waals surface area contributed by atoms with Crippen LogP contribution in [0, 0.1) is 17.2 Å². The largest absolute Gasteiger partial charge is 0.355 e. The first kappa shape index (κ1) is 31.9. The van der Waals surface area contributed by atoms with Gasteiger partial charge in [-0.3, -0.25) is 14.4 Å². The zero-order valence-electron chi connectivity index (χ0n) is 25.8. The monoisotopic (exact) mass is 590 g/mol. The molecule has 43 heavy (non-hydrogen) atoms. The summed E-state index contributed by atoms with van der Waals surface area (Å²) in [6, 6.07) is 16.4. The molecule has 9 heteroatoms. The Bertz CT molecular complexity index is 1380. The molecule has 1 aliphatic heterocycles. The van der Waals surface area contributed by atoms with E-state index in [1.54, 1.807) is 23.1 Å². The highest BCUT2D eigenvalue weighted by atomic mass is 19.1. The van der Waals surface area contributed by atoms with Crippen LogP contribution in [0.25, 0.3) is 11.3 Å². The summed E-state index contributed by atoms with van der Waals surface area (Å²) in [5.41, 5.74) is 1.39. The van der Waals surface area contributed by atoms with E-state index in [0.717, 1.165) is 24.0 Å². The molecule has 0 saturated carbocycles. The lowest BCUT2D eigenvalue weighted by molar-refractivity contribution is -0.141. The minimum atomic E-state index is -0.693. The molecule has 1 aliphatic rings. The Morgan fingerprint density at radius 2 is 1.81 bits per heavy atom. The van der Waals surface area contributed by atoms with Crippen molar-refractivity contribution in [3.05, 3.63) is 77.7 Å². The van der Waals surface area contributed by atoms with Crippen LogP contribution in [0.4, 0.5) is 4.39 Å². The van der Waals surface area contributed by atoms with Crippen LogP contribution in [0.3, 0.4) is 0 Å². The van der Waals surface area contributed by atoms with Gasteiger partial charge < -0.3 is 19.6 Å². The third kappa shape index (κ3) is 8.09.